The summed E-state index contributed by atoms with van der Waals surface area (Å²) in [6.45, 7) is 2.40. The minimum Gasteiger partial charge on any atom is -0.491 e. The number of carbonyl (C=O) groups is 2. The summed E-state index contributed by atoms with van der Waals surface area (Å²) >= 11 is 0. The Hall–Kier alpha value is -2.90. The SMILES string of the molecule is CCOc1ccc(-n2nc(C(=O)O)c3c2C(=O)NCC3)cc1F. The highest BCUT2D eigenvalue weighted by molar-refractivity contribution is 5.99. The van der Waals surface area contributed by atoms with Crippen molar-refractivity contribution in [2.75, 3.05) is 13.2 Å². The van der Waals surface area contributed by atoms with E-state index in [0.29, 0.717) is 25.1 Å². The van der Waals surface area contributed by atoms with Crippen molar-refractivity contribution in [3.8, 4) is 11.4 Å². The number of nitrogens with one attached hydrogen (secondary N) is 1. The maximum absolute atomic E-state index is 14.0. The van der Waals surface area contributed by atoms with Crippen molar-refractivity contribution in [3.63, 3.8) is 0 Å². The molecule has 0 bridgehead atoms. The predicted molar refractivity (Wildman–Crippen MR) is 77.7 cm³/mol. The van der Waals surface area contributed by atoms with E-state index in [9.17, 15) is 19.1 Å². The summed E-state index contributed by atoms with van der Waals surface area (Å²) in [5, 5.41) is 15.9. The smallest absolute Gasteiger partial charge is 0.356 e. The van der Waals surface area contributed by atoms with Crippen molar-refractivity contribution < 1.29 is 23.8 Å². The van der Waals surface area contributed by atoms with Crippen molar-refractivity contribution in [1.82, 2.24) is 15.1 Å². The van der Waals surface area contributed by atoms with E-state index in [1.54, 1.807) is 6.92 Å². The highest BCUT2D eigenvalue weighted by atomic mass is 19.1. The number of aromatic nitrogens is 2. The first-order valence-corrected chi connectivity index (χ1v) is 7.09. The van der Waals surface area contributed by atoms with Gasteiger partial charge in [-0.05, 0) is 25.5 Å². The topological polar surface area (TPSA) is 93.5 Å². The molecular formula is C15H14FN3O4. The largest absolute Gasteiger partial charge is 0.491 e. The fourth-order valence-electron chi connectivity index (χ4n) is 2.56. The van der Waals surface area contributed by atoms with E-state index in [2.05, 4.69) is 10.4 Å². The number of carbonyl (C=O) groups excluding carboxylic acids is 1. The minimum absolute atomic E-state index is 0.0835. The number of hydrogen-bond acceptors (Lipinski definition) is 4. The third-order valence-electron chi connectivity index (χ3n) is 3.52. The standard InChI is InChI=1S/C15H14FN3O4/c1-2-23-11-4-3-8(7-10(11)16)19-13-9(5-6-17-14(13)20)12(18-19)15(21)22/h3-4,7H,2,5-6H2,1H3,(H,17,20)(H,21,22). The molecule has 2 heterocycles. The number of amides is 1. The molecule has 23 heavy (non-hydrogen) atoms. The number of ether oxygens (including phenoxy) is 1. The third kappa shape index (κ3) is 2.52. The van der Waals surface area contributed by atoms with E-state index >= 15 is 0 Å². The van der Waals surface area contributed by atoms with E-state index in [1.807, 2.05) is 0 Å². The minimum atomic E-state index is -1.22. The Bertz CT molecular complexity index is 800. The Morgan fingerprint density at radius 1 is 1.52 bits per heavy atom. The third-order valence-corrected chi connectivity index (χ3v) is 3.52. The van der Waals surface area contributed by atoms with E-state index in [0.717, 1.165) is 10.7 Å². The van der Waals surface area contributed by atoms with Gasteiger partial charge in [0.05, 0.1) is 12.3 Å². The number of nitrogens with zero attached hydrogens (tertiary/aromatic N) is 2. The van der Waals surface area contributed by atoms with Crippen molar-refractivity contribution in [2.24, 2.45) is 0 Å². The molecule has 0 fully saturated rings. The first-order chi connectivity index (χ1) is 11.0. The Morgan fingerprint density at radius 3 is 2.96 bits per heavy atom. The quantitative estimate of drug-likeness (QED) is 0.888. The summed E-state index contributed by atoms with van der Waals surface area (Å²) in [5.74, 6) is -2.18. The molecule has 0 spiro atoms. The molecule has 0 saturated carbocycles. The van der Waals surface area contributed by atoms with Crippen LogP contribution in [0.4, 0.5) is 4.39 Å². The molecule has 0 aliphatic carbocycles. The van der Waals surface area contributed by atoms with Crippen LogP contribution in [-0.2, 0) is 6.42 Å². The summed E-state index contributed by atoms with van der Waals surface area (Å²) < 4.78 is 20.3. The second-order valence-electron chi connectivity index (χ2n) is 4.95. The van der Waals surface area contributed by atoms with Crippen LogP contribution in [0.2, 0.25) is 0 Å². The van der Waals surface area contributed by atoms with E-state index in [1.165, 1.54) is 12.1 Å². The van der Waals surface area contributed by atoms with Gasteiger partial charge < -0.3 is 15.2 Å². The average Bonchev–Trinajstić information content (AvgIpc) is 2.91. The number of aromatic carboxylic acids is 1. The zero-order valence-corrected chi connectivity index (χ0v) is 12.3. The van der Waals surface area contributed by atoms with Crippen LogP contribution < -0.4 is 10.1 Å². The van der Waals surface area contributed by atoms with E-state index in [-0.39, 0.29) is 22.8 Å². The monoisotopic (exact) mass is 319 g/mol. The molecule has 0 saturated heterocycles. The van der Waals surface area contributed by atoms with Crippen LogP contribution in [0.15, 0.2) is 18.2 Å². The number of hydrogen-bond donors (Lipinski definition) is 2. The summed E-state index contributed by atoms with van der Waals surface area (Å²) in [7, 11) is 0. The fraction of sp³-hybridized carbons (Fsp3) is 0.267. The van der Waals surface area contributed by atoms with Gasteiger partial charge >= 0.3 is 5.97 Å². The number of fused-ring (bicyclic) bond motifs is 1. The van der Waals surface area contributed by atoms with Gasteiger partial charge in [0, 0.05) is 18.2 Å². The molecule has 2 aromatic rings. The molecule has 0 atom stereocenters. The number of benzene rings is 1. The van der Waals surface area contributed by atoms with Crippen LogP contribution in [0.5, 0.6) is 5.75 Å². The normalized spacial score (nSPS) is 13.4. The summed E-state index contributed by atoms with van der Waals surface area (Å²) in [5.41, 5.74) is 0.545. The molecule has 120 valence electrons. The highest BCUT2D eigenvalue weighted by Gasteiger charge is 2.30. The van der Waals surface area contributed by atoms with Crippen molar-refractivity contribution >= 4 is 11.9 Å². The van der Waals surface area contributed by atoms with Crippen molar-refractivity contribution in [2.45, 2.75) is 13.3 Å². The van der Waals surface area contributed by atoms with Crippen molar-refractivity contribution in [3.05, 3.63) is 41.0 Å². The first kappa shape index (κ1) is 15.0. The Morgan fingerprint density at radius 2 is 2.30 bits per heavy atom. The number of halogens is 1. The number of carboxylic acid groups (broad SMARTS) is 1. The molecule has 3 rings (SSSR count). The number of carboxylic acids is 1. The zero-order chi connectivity index (χ0) is 16.6. The Labute approximate surface area is 130 Å². The van der Waals surface area contributed by atoms with Gasteiger partial charge in [-0.3, -0.25) is 4.79 Å². The van der Waals surface area contributed by atoms with Gasteiger partial charge in [0.1, 0.15) is 5.69 Å². The Balaban J connectivity index is 2.15. The van der Waals surface area contributed by atoms with Crippen LogP contribution in [0.25, 0.3) is 5.69 Å². The molecule has 2 N–H and O–H groups in total. The maximum Gasteiger partial charge on any atom is 0.356 e. The van der Waals surface area contributed by atoms with Gasteiger partial charge in [-0.2, -0.15) is 5.10 Å². The van der Waals surface area contributed by atoms with Gasteiger partial charge in [0.25, 0.3) is 5.91 Å². The van der Waals surface area contributed by atoms with Crippen LogP contribution in [0.3, 0.4) is 0 Å². The summed E-state index contributed by atoms with van der Waals surface area (Å²) in [6.07, 6.45) is 0.363. The average molecular weight is 319 g/mol. The molecule has 1 aromatic carbocycles. The highest BCUT2D eigenvalue weighted by Crippen LogP contribution is 2.25. The zero-order valence-electron chi connectivity index (χ0n) is 12.3. The molecular weight excluding hydrogens is 305 g/mol. The molecule has 1 aromatic heterocycles. The summed E-state index contributed by atoms with van der Waals surface area (Å²) in [6, 6.07) is 4.10. The van der Waals surface area contributed by atoms with Gasteiger partial charge in [0.15, 0.2) is 17.3 Å². The molecule has 0 unspecified atom stereocenters. The molecule has 1 amide bonds. The fourth-order valence-corrected chi connectivity index (χ4v) is 2.56. The second kappa shape index (κ2) is 5.71. The lowest BCUT2D eigenvalue weighted by Crippen LogP contribution is -2.33. The second-order valence-corrected chi connectivity index (χ2v) is 4.95. The van der Waals surface area contributed by atoms with Crippen LogP contribution >= 0.6 is 0 Å². The molecule has 1 aliphatic heterocycles. The van der Waals surface area contributed by atoms with E-state index in [4.69, 9.17) is 4.74 Å². The lowest BCUT2D eigenvalue weighted by Gasteiger charge is -2.15. The number of rotatable bonds is 4. The van der Waals surface area contributed by atoms with Crippen molar-refractivity contribution in [1.29, 1.82) is 0 Å². The first-order valence-electron chi connectivity index (χ1n) is 7.09. The Kier molecular flexibility index (Phi) is 3.73. The molecule has 0 radical (unpaired) electrons. The van der Waals surface area contributed by atoms with Crippen LogP contribution in [0.1, 0.15) is 33.5 Å². The molecule has 1 aliphatic rings. The lowest BCUT2D eigenvalue weighted by atomic mass is 10.1. The van der Waals surface area contributed by atoms with Gasteiger partial charge in [0.2, 0.25) is 0 Å². The predicted octanol–water partition coefficient (Wildman–Crippen LogP) is 1.39. The summed E-state index contributed by atoms with van der Waals surface area (Å²) in [4.78, 5) is 23.4. The van der Waals surface area contributed by atoms with Crippen LogP contribution in [-0.4, -0.2) is 39.9 Å². The van der Waals surface area contributed by atoms with Gasteiger partial charge in [-0.25, -0.2) is 13.9 Å². The van der Waals surface area contributed by atoms with Gasteiger partial charge in [-0.15, -0.1) is 0 Å². The lowest BCUT2D eigenvalue weighted by molar-refractivity contribution is 0.0688. The maximum atomic E-state index is 14.0. The molecule has 7 nitrogen and oxygen atoms in total. The van der Waals surface area contributed by atoms with E-state index < -0.39 is 17.7 Å². The molecule has 8 heteroatoms. The van der Waals surface area contributed by atoms with Gasteiger partial charge in [-0.1, -0.05) is 0 Å². The van der Waals surface area contributed by atoms with Crippen LogP contribution in [0, 0.1) is 5.82 Å².